The molecule has 3 rings (SSSR count). The maximum atomic E-state index is 12.6. The van der Waals surface area contributed by atoms with Gasteiger partial charge in [0.05, 0.1) is 7.11 Å². The third kappa shape index (κ3) is 3.79. The fraction of sp³-hybridized carbons (Fsp3) is 0.222. The lowest BCUT2D eigenvalue weighted by Crippen LogP contribution is -2.28. The van der Waals surface area contributed by atoms with E-state index in [0.717, 1.165) is 10.2 Å². The Hall–Kier alpha value is -3.07. The van der Waals surface area contributed by atoms with Gasteiger partial charge in [-0.2, -0.15) is 13.9 Å². The summed E-state index contributed by atoms with van der Waals surface area (Å²) in [5.41, 5.74) is 1.15. The quantitative estimate of drug-likeness (QED) is 0.451. The van der Waals surface area contributed by atoms with Crippen LogP contribution in [-0.4, -0.2) is 23.5 Å². The van der Waals surface area contributed by atoms with Gasteiger partial charge in [0.1, 0.15) is 16.3 Å². The van der Waals surface area contributed by atoms with Crippen LogP contribution >= 0.6 is 11.6 Å². The maximum absolute atomic E-state index is 12.6. The Balaban J connectivity index is 2.11. The van der Waals surface area contributed by atoms with Crippen molar-refractivity contribution in [3.63, 3.8) is 0 Å². The molecule has 0 saturated carbocycles. The maximum Gasteiger partial charge on any atom is 0.394 e. The van der Waals surface area contributed by atoms with Gasteiger partial charge in [-0.25, -0.2) is 4.68 Å². The highest BCUT2D eigenvalue weighted by Gasteiger charge is 2.27. The number of ether oxygens (including phenoxy) is 3. The molecule has 0 unspecified atom stereocenters. The van der Waals surface area contributed by atoms with Crippen LogP contribution in [0, 0.1) is 12.1 Å². The van der Waals surface area contributed by atoms with E-state index in [1.807, 2.05) is 13.0 Å². The Bertz CT molecular complexity index is 1010. The first-order chi connectivity index (χ1) is 13.3. The monoisotopic (exact) mass is 411 g/mol. The van der Waals surface area contributed by atoms with Crippen LogP contribution in [0.4, 0.5) is 8.78 Å². The average molecular weight is 412 g/mol. The second-order valence-electron chi connectivity index (χ2n) is 5.78. The topological polar surface area (TPSA) is 72.5 Å². The third-order valence-corrected chi connectivity index (χ3v) is 4.18. The molecule has 148 valence electrons. The lowest BCUT2D eigenvalue weighted by atomic mass is 10.2. The number of nitrogens with zero attached hydrogens (tertiary/aromatic N) is 3. The second-order valence-corrected chi connectivity index (χ2v) is 6.16. The van der Waals surface area contributed by atoms with E-state index in [1.54, 1.807) is 12.1 Å². The first-order valence-electron chi connectivity index (χ1n) is 8.04. The van der Waals surface area contributed by atoms with Crippen LogP contribution < -0.4 is 18.9 Å². The Morgan fingerprint density at radius 1 is 1.25 bits per heavy atom. The van der Waals surface area contributed by atoms with Gasteiger partial charge in [-0.3, -0.25) is 0 Å². The number of methoxy groups -OCH3 is 1. The Morgan fingerprint density at radius 2 is 2.00 bits per heavy atom. The highest BCUT2D eigenvalue weighted by Crippen LogP contribution is 2.40. The summed E-state index contributed by atoms with van der Waals surface area (Å²) in [4.78, 5) is 0. The zero-order valence-corrected chi connectivity index (χ0v) is 15.9. The molecule has 0 aliphatic rings. The summed E-state index contributed by atoms with van der Waals surface area (Å²) in [6, 6.07) is 8.21. The van der Waals surface area contributed by atoms with Gasteiger partial charge in [-0.15, -0.1) is 4.73 Å². The molecule has 2 aromatic heterocycles. The molecule has 0 N–H and O–H groups in total. The molecule has 0 amide bonds. The number of benzene rings is 1. The van der Waals surface area contributed by atoms with Gasteiger partial charge in [0.25, 0.3) is 0 Å². The average Bonchev–Trinajstić information content (AvgIpc) is 2.91. The minimum atomic E-state index is -3.08. The van der Waals surface area contributed by atoms with Crippen molar-refractivity contribution in [1.29, 1.82) is 0 Å². The third-order valence-electron chi connectivity index (χ3n) is 3.84. The molecule has 0 fully saturated rings. The number of hydrogen-bond acceptors (Lipinski definition) is 5. The fourth-order valence-corrected chi connectivity index (χ4v) is 2.90. The van der Waals surface area contributed by atoms with E-state index in [0.29, 0.717) is 16.2 Å². The number of aryl methyl sites for hydroxylation is 2. The van der Waals surface area contributed by atoms with Crippen molar-refractivity contribution in [2.24, 2.45) is 7.05 Å². The highest BCUT2D eigenvalue weighted by atomic mass is 35.5. The number of pyridine rings is 1. The van der Waals surface area contributed by atoms with Crippen LogP contribution in [0.1, 0.15) is 5.56 Å². The van der Waals surface area contributed by atoms with Gasteiger partial charge < -0.3 is 19.4 Å². The molecule has 3 aromatic rings. The number of alkyl halides is 2. The molecule has 0 atom stereocenters. The van der Waals surface area contributed by atoms with Crippen LogP contribution in [-0.2, 0) is 7.05 Å². The van der Waals surface area contributed by atoms with Crippen molar-refractivity contribution < 1.29 is 27.7 Å². The molecule has 0 spiro atoms. The first-order valence-corrected chi connectivity index (χ1v) is 8.42. The molecule has 7 nitrogen and oxygen atoms in total. The largest absolute Gasteiger partial charge is 0.616 e. The molecule has 28 heavy (non-hydrogen) atoms. The molecule has 2 heterocycles. The van der Waals surface area contributed by atoms with Crippen molar-refractivity contribution in [3.8, 4) is 34.5 Å². The summed E-state index contributed by atoms with van der Waals surface area (Å²) in [6.45, 7) is -1.22. The van der Waals surface area contributed by atoms with Crippen molar-refractivity contribution in [1.82, 2.24) is 9.78 Å². The van der Waals surface area contributed by atoms with Gasteiger partial charge in [0.15, 0.2) is 17.7 Å². The number of hydrogen-bond donors (Lipinski definition) is 0. The van der Waals surface area contributed by atoms with Crippen molar-refractivity contribution >= 4 is 11.6 Å². The molecule has 0 bridgehead atoms. The van der Waals surface area contributed by atoms with E-state index in [4.69, 9.17) is 21.1 Å². The van der Waals surface area contributed by atoms with E-state index in [9.17, 15) is 14.0 Å². The molecular formula is C18H16ClF2N3O4. The zero-order chi connectivity index (χ0) is 20.4. The molecule has 0 aliphatic carbocycles. The Labute approximate surface area is 164 Å². The minimum Gasteiger partial charge on any atom is -0.616 e. The van der Waals surface area contributed by atoms with Crippen molar-refractivity contribution in [2.45, 2.75) is 13.5 Å². The summed E-state index contributed by atoms with van der Waals surface area (Å²) >= 11 is 6.19. The van der Waals surface area contributed by atoms with Crippen LogP contribution in [0.5, 0.6) is 23.3 Å². The van der Waals surface area contributed by atoms with Crippen LogP contribution in [0.3, 0.4) is 0 Å². The van der Waals surface area contributed by atoms with E-state index >= 15 is 0 Å². The SMILES string of the molecule is COc1ccc(C)cc1Oc1c(-c2nn(C)c(OC(F)F)c2Cl)ccc[n+]1[O-]. The van der Waals surface area contributed by atoms with Gasteiger partial charge in [0, 0.05) is 13.1 Å². The summed E-state index contributed by atoms with van der Waals surface area (Å²) in [7, 11) is 2.86. The predicted molar refractivity (Wildman–Crippen MR) is 97.1 cm³/mol. The van der Waals surface area contributed by atoms with Crippen molar-refractivity contribution in [3.05, 3.63) is 52.3 Å². The van der Waals surface area contributed by atoms with Gasteiger partial charge in [-0.05, 0) is 30.7 Å². The Morgan fingerprint density at radius 3 is 2.68 bits per heavy atom. The smallest absolute Gasteiger partial charge is 0.394 e. The normalized spacial score (nSPS) is 11.0. The molecule has 0 aliphatic heterocycles. The zero-order valence-electron chi connectivity index (χ0n) is 15.1. The van der Waals surface area contributed by atoms with Crippen molar-refractivity contribution in [2.75, 3.05) is 7.11 Å². The summed E-state index contributed by atoms with van der Waals surface area (Å²) in [6.07, 6.45) is 1.23. The van der Waals surface area contributed by atoms with Gasteiger partial charge in [-0.1, -0.05) is 17.7 Å². The predicted octanol–water partition coefficient (Wildman–Crippen LogP) is 4.08. The highest BCUT2D eigenvalue weighted by molar-refractivity contribution is 6.34. The van der Waals surface area contributed by atoms with Gasteiger partial charge in [0.2, 0.25) is 5.88 Å². The van der Waals surface area contributed by atoms with Gasteiger partial charge >= 0.3 is 12.5 Å². The van der Waals surface area contributed by atoms with E-state index in [-0.39, 0.29) is 28.0 Å². The summed E-state index contributed by atoms with van der Waals surface area (Å²) in [5, 5.41) is 16.3. The van der Waals surface area contributed by atoms with Crippen LogP contribution in [0.2, 0.25) is 5.02 Å². The Kier molecular flexibility index (Phi) is 5.55. The number of rotatable bonds is 6. The molecule has 0 radical (unpaired) electrons. The molecule has 10 heteroatoms. The van der Waals surface area contributed by atoms with E-state index in [1.165, 1.54) is 32.5 Å². The lowest BCUT2D eigenvalue weighted by molar-refractivity contribution is -0.610. The number of halogens is 3. The van der Waals surface area contributed by atoms with Crippen LogP contribution in [0.15, 0.2) is 36.5 Å². The molecular weight excluding hydrogens is 396 g/mol. The van der Waals surface area contributed by atoms with E-state index in [2.05, 4.69) is 9.84 Å². The lowest BCUT2D eigenvalue weighted by Gasteiger charge is -2.12. The summed E-state index contributed by atoms with van der Waals surface area (Å²) < 4.78 is 42.3. The second kappa shape index (κ2) is 7.89. The fourth-order valence-electron chi connectivity index (χ4n) is 2.59. The van der Waals surface area contributed by atoms with Crippen LogP contribution in [0.25, 0.3) is 11.3 Å². The molecule has 1 aromatic carbocycles. The van der Waals surface area contributed by atoms with E-state index < -0.39 is 6.61 Å². The summed E-state index contributed by atoms with van der Waals surface area (Å²) in [5.74, 6) is 0.243. The standard InChI is InChI=1S/C18H16ClF2N3O4/c1-10-6-7-12(26-3)13(9-10)27-16-11(5-4-8-24(16)25)15-14(19)17(23(2)22-15)28-18(20)21/h4-9,18H,1-3H3. The minimum absolute atomic E-state index is 0.0617. The molecule has 0 saturated heterocycles. The number of aromatic nitrogens is 3. The first kappa shape index (κ1) is 19.7.